The van der Waals surface area contributed by atoms with Crippen LogP contribution in [0.5, 0.6) is 0 Å². The van der Waals surface area contributed by atoms with Gasteiger partial charge in [-0.25, -0.2) is 0 Å². The third-order valence-corrected chi connectivity index (χ3v) is 3.10. The summed E-state index contributed by atoms with van der Waals surface area (Å²) in [6.45, 7) is 4.09. The van der Waals surface area contributed by atoms with Crippen molar-refractivity contribution in [3.8, 4) is 0 Å². The summed E-state index contributed by atoms with van der Waals surface area (Å²) in [6, 6.07) is 0. The number of nitrogen functional groups attached to an aromatic ring is 1. The minimum Gasteiger partial charge on any atom is -0.396 e. The predicted octanol–water partition coefficient (Wildman–Crippen LogP) is 0.784. The van der Waals surface area contributed by atoms with Crippen LogP contribution in [0.25, 0.3) is 0 Å². The van der Waals surface area contributed by atoms with Crippen molar-refractivity contribution in [3.63, 3.8) is 0 Å². The van der Waals surface area contributed by atoms with Crippen molar-refractivity contribution < 1.29 is 9.53 Å². The standard InChI is InChI=1S/C12H20N4O2/c1-2-16-8-10(13)11(15-16)12(17)14-6-5-9-4-3-7-18-9/h8-9H,2-7,13H2,1H3,(H,14,17). The molecule has 0 aliphatic carbocycles. The van der Waals surface area contributed by atoms with Gasteiger partial charge in [-0.15, -0.1) is 0 Å². The van der Waals surface area contributed by atoms with Crippen LogP contribution in [0.15, 0.2) is 6.20 Å². The molecule has 0 radical (unpaired) electrons. The molecule has 2 heterocycles. The highest BCUT2D eigenvalue weighted by Crippen LogP contribution is 2.14. The van der Waals surface area contributed by atoms with Crippen molar-refractivity contribution in [2.24, 2.45) is 0 Å². The number of aryl methyl sites for hydroxylation is 1. The van der Waals surface area contributed by atoms with Gasteiger partial charge in [0.25, 0.3) is 5.91 Å². The number of carbonyl (C=O) groups is 1. The van der Waals surface area contributed by atoms with Gasteiger partial charge in [0, 0.05) is 25.9 Å². The molecular weight excluding hydrogens is 232 g/mol. The molecule has 0 bridgehead atoms. The first kappa shape index (κ1) is 12.9. The Morgan fingerprint density at radius 2 is 2.56 bits per heavy atom. The van der Waals surface area contributed by atoms with E-state index in [4.69, 9.17) is 10.5 Å². The van der Waals surface area contributed by atoms with Crippen LogP contribution in [-0.2, 0) is 11.3 Å². The molecule has 1 aromatic rings. The van der Waals surface area contributed by atoms with E-state index in [1.54, 1.807) is 10.9 Å². The topological polar surface area (TPSA) is 82.2 Å². The van der Waals surface area contributed by atoms with E-state index in [0.29, 0.717) is 24.5 Å². The number of rotatable bonds is 5. The lowest BCUT2D eigenvalue weighted by Gasteiger charge is -2.09. The van der Waals surface area contributed by atoms with E-state index in [-0.39, 0.29) is 12.0 Å². The molecule has 1 aliphatic heterocycles. The molecule has 6 nitrogen and oxygen atoms in total. The van der Waals surface area contributed by atoms with E-state index >= 15 is 0 Å². The maximum Gasteiger partial charge on any atom is 0.273 e. The molecular formula is C12H20N4O2. The van der Waals surface area contributed by atoms with Crippen LogP contribution in [0.1, 0.15) is 36.7 Å². The second kappa shape index (κ2) is 5.86. The largest absolute Gasteiger partial charge is 0.396 e. The number of nitrogens with two attached hydrogens (primary N) is 1. The fourth-order valence-electron chi connectivity index (χ4n) is 2.08. The third kappa shape index (κ3) is 3.01. The quantitative estimate of drug-likeness (QED) is 0.811. The molecule has 1 aliphatic rings. The molecule has 0 spiro atoms. The monoisotopic (exact) mass is 252 g/mol. The highest BCUT2D eigenvalue weighted by Gasteiger charge is 2.17. The fraction of sp³-hybridized carbons (Fsp3) is 0.667. The van der Waals surface area contributed by atoms with E-state index < -0.39 is 0 Å². The maximum atomic E-state index is 11.9. The van der Waals surface area contributed by atoms with Crippen molar-refractivity contribution in [3.05, 3.63) is 11.9 Å². The summed E-state index contributed by atoms with van der Waals surface area (Å²) in [6.07, 6.45) is 5.01. The summed E-state index contributed by atoms with van der Waals surface area (Å²) in [5.41, 5.74) is 6.47. The number of hydrogen-bond donors (Lipinski definition) is 2. The molecule has 3 N–H and O–H groups in total. The molecule has 1 atom stereocenters. The van der Waals surface area contributed by atoms with Gasteiger partial charge in [-0.1, -0.05) is 0 Å². The maximum absolute atomic E-state index is 11.9. The Morgan fingerprint density at radius 1 is 1.72 bits per heavy atom. The zero-order valence-electron chi connectivity index (χ0n) is 10.7. The molecule has 18 heavy (non-hydrogen) atoms. The number of hydrogen-bond acceptors (Lipinski definition) is 4. The lowest BCUT2D eigenvalue weighted by molar-refractivity contribution is 0.0903. The zero-order chi connectivity index (χ0) is 13.0. The number of anilines is 1. The Kier molecular flexibility index (Phi) is 4.19. The van der Waals surface area contributed by atoms with Gasteiger partial charge in [0.1, 0.15) is 0 Å². The van der Waals surface area contributed by atoms with E-state index in [1.165, 1.54) is 0 Å². The Bertz CT molecular complexity index is 410. The average molecular weight is 252 g/mol. The Hall–Kier alpha value is -1.56. The van der Waals surface area contributed by atoms with E-state index in [2.05, 4.69) is 10.4 Å². The van der Waals surface area contributed by atoms with Crippen LogP contribution in [-0.4, -0.2) is 34.9 Å². The molecule has 0 aromatic carbocycles. The van der Waals surface area contributed by atoms with Gasteiger partial charge in [-0.05, 0) is 26.2 Å². The lowest BCUT2D eigenvalue weighted by Crippen LogP contribution is -2.28. The van der Waals surface area contributed by atoms with E-state index in [1.807, 2.05) is 6.92 Å². The van der Waals surface area contributed by atoms with Crippen molar-refractivity contribution in [2.75, 3.05) is 18.9 Å². The van der Waals surface area contributed by atoms with Crippen LogP contribution in [0.2, 0.25) is 0 Å². The number of aromatic nitrogens is 2. The summed E-state index contributed by atoms with van der Waals surface area (Å²) in [7, 11) is 0. The van der Waals surface area contributed by atoms with E-state index in [9.17, 15) is 4.79 Å². The molecule has 1 amide bonds. The Balaban J connectivity index is 1.81. The highest BCUT2D eigenvalue weighted by molar-refractivity contribution is 5.96. The molecule has 1 unspecified atom stereocenters. The molecule has 0 saturated carbocycles. The Labute approximate surface area is 106 Å². The minimum atomic E-state index is -0.210. The average Bonchev–Trinajstić information content (AvgIpc) is 2.98. The SMILES string of the molecule is CCn1cc(N)c(C(=O)NCCC2CCCO2)n1. The molecule has 1 aromatic heterocycles. The molecule has 2 rings (SSSR count). The Morgan fingerprint density at radius 3 is 3.17 bits per heavy atom. The summed E-state index contributed by atoms with van der Waals surface area (Å²) in [4.78, 5) is 11.9. The van der Waals surface area contributed by atoms with Gasteiger partial charge in [0.15, 0.2) is 5.69 Å². The zero-order valence-corrected chi connectivity index (χ0v) is 10.7. The van der Waals surface area contributed by atoms with Crippen molar-refractivity contribution in [2.45, 2.75) is 38.8 Å². The molecule has 100 valence electrons. The van der Waals surface area contributed by atoms with Gasteiger partial charge in [-0.3, -0.25) is 9.48 Å². The van der Waals surface area contributed by atoms with Crippen LogP contribution >= 0.6 is 0 Å². The molecule has 1 fully saturated rings. The minimum absolute atomic E-state index is 0.210. The van der Waals surface area contributed by atoms with Crippen molar-refractivity contribution in [1.82, 2.24) is 15.1 Å². The van der Waals surface area contributed by atoms with Crippen LogP contribution in [0, 0.1) is 0 Å². The first-order chi connectivity index (χ1) is 8.70. The van der Waals surface area contributed by atoms with Gasteiger partial charge < -0.3 is 15.8 Å². The second-order valence-corrected chi connectivity index (χ2v) is 4.47. The van der Waals surface area contributed by atoms with Crippen molar-refractivity contribution >= 4 is 11.6 Å². The molecule has 6 heteroatoms. The first-order valence-electron chi connectivity index (χ1n) is 6.43. The summed E-state index contributed by atoms with van der Waals surface area (Å²) in [5.74, 6) is -0.210. The number of nitrogens with one attached hydrogen (secondary N) is 1. The van der Waals surface area contributed by atoms with Gasteiger partial charge in [0.2, 0.25) is 0 Å². The van der Waals surface area contributed by atoms with Gasteiger partial charge >= 0.3 is 0 Å². The normalized spacial score (nSPS) is 19.1. The van der Waals surface area contributed by atoms with Gasteiger partial charge in [0.05, 0.1) is 11.8 Å². The number of amides is 1. The summed E-state index contributed by atoms with van der Waals surface area (Å²) in [5, 5.41) is 6.96. The van der Waals surface area contributed by atoms with Crippen LogP contribution < -0.4 is 11.1 Å². The lowest BCUT2D eigenvalue weighted by atomic mass is 10.2. The van der Waals surface area contributed by atoms with Crippen LogP contribution in [0.4, 0.5) is 5.69 Å². The number of ether oxygens (including phenoxy) is 1. The third-order valence-electron chi connectivity index (χ3n) is 3.10. The summed E-state index contributed by atoms with van der Waals surface area (Å²) < 4.78 is 7.15. The van der Waals surface area contributed by atoms with Gasteiger partial charge in [-0.2, -0.15) is 5.10 Å². The first-order valence-corrected chi connectivity index (χ1v) is 6.43. The predicted molar refractivity (Wildman–Crippen MR) is 68.2 cm³/mol. The van der Waals surface area contributed by atoms with Crippen LogP contribution in [0.3, 0.4) is 0 Å². The van der Waals surface area contributed by atoms with E-state index in [0.717, 1.165) is 25.9 Å². The highest BCUT2D eigenvalue weighted by atomic mass is 16.5. The van der Waals surface area contributed by atoms with Crippen molar-refractivity contribution in [1.29, 1.82) is 0 Å². The second-order valence-electron chi connectivity index (χ2n) is 4.47. The number of carbonyl (C=O) groups excluding carboxylic acids is 1. The molecule has 1 saturated heterocycles. The smallest absolute Gasteiger partial charge is 0.273 e. The fourth-order valence-corrected chi connectivity index (χ4v) is 2.08. The summed E-state index contributed by atoms with van der Waals surface area (Å²) >= 11 is 0. The number of nitrogens with zero attached hydrogens (tertiary/aromatic N) is 2.